The number of ether oxygens (including phenoxy) is 3. The van der Waals surface area contributed by atoms with Gasteiger partial charge in [0.2, 0.25) is 6.79 Å². The van der Waals surface area contributed by atoms with Crippen molar-refractivity contribution in [1.82, 2.24) is 0 Å². The summed E-state index contributed by atoms with van der Waals surface area (Å²) in [4.78, 5) is 27.7. The number of aliphatic hydroxyl groups is 1. The molecule has 3 aromatic rings. The van der Waals surface area contributed by atoms with Crippen molar-refractivity contribution < 1.29 is 28.9 Å². The van der Waals surface area contributed by atoms with E-state index in [0.29, 0.717) is 34.1 Å². The molecule has 7 nitrogen and oxygen atoms in total. The highest BCUT2D eigenvalue weighted by molar-refractivity contribution is 6.51. The molecule has 0 radical (unpaired) electrons. The molecule has 0 saturated carbocycles. The van der Waals surface area contributed by atoms with Crippen molar-refractivity contribution in [3.8, 4) is 17.2 Å². The first kappa shape index (κ1) is 19.7. The third-order valence-electron chi connectivity index (χ3n) is 5.56. The second-order valence-corrected chi connectivity index (χ2v) is 7.35. The molecule has 1 unspecified atom stereocenters. The summed E-state index contributed by atoms with van der Waals surface area (Å²) in [6.07, 6.45) is 0. The first-order chi connectivity index (χ1) is 15.6. The van der Waals surface area contributed by atoms with E-state index in [1.165, 1.54) is 4.90 Å². The van der Waals surface area contributed by atoms with E-state index in [9.17, 15) is 14.7 Å². The number of carbonyl (C=O) groups excluding carboxylic acids is 2. The molecule has 1 atom stereocenters. The summed E-state index contributed by atoms with van der Waals surface area (Å²) in [5.74, 6) is -0.0612. The molecule has 32 heavy (non-hydrogen) atoms. The second-order valence-electron chi connectivity index (χ2n) is 7.35. The number of benzene rings is 3. The minimum absolute atomic E-state index is 0.0176. The Labute approximate surface area is 184 Å². The van der Waals surface area contributed by atoms with E-state index in [2.05, 4.69) is 0 Å². The molecular weight excluding hydrogens is 410 g/mol. The lowest BCUT2D eigenvalue weighted by atomic mass is 9.95. The fourth-order valence-electron chi connectivity index (χ4n) is 3.99. The van der Waals surface area contributed by atoms with Gasteiger partial charge in [-0.15, -0.1) is 0 Å². The van der Waals surface area contributed by atoms with E-state index in [-0.39, 0.29) is 18.1 Å². The highest BCUT2D eigenvalue weighted by Crippen LogP contribution is 2.44. The van der Waals surface area contributed by atoms with Crippen molar-refractivity contribution in [3.05, 3.63) is 89.5 Å². The first-order valence-corrected chi connectivity index (χ1v) is 9.98. The Morgan fingerprint density at radius 1 is 0.969 bits per heavy atom. The van der Waals surface area contributed by atoms with E-state index in [1.54, 1.807) is 49.6 Å². The van der Waals surface area contributed by atoms with Gasteiger partial charge in [0, 0.05) is 17.3 Å². The number of hydrogen-bond donors (Lipinski definition) is 1. The van der Waals surface area contributed by atoms with Crippen molar-refractivity contribution in [1.29, 1.82) is 0 Å². The molecule has 3 aromatic carbocycles. The molecule has 1 amide bonds. The van der Waals surface area contributed by atoms with E-state index in [4.69, 9.17) is 14.2 Å². The number of carbonyl (C=O) groups is 2. The van der Waals surface area contributed by atoms with Crippen LogP contribution in [0.15, 0.2) is 78.4 Å². The standard InChI is InChI=1S/C25H19NO6/c1-30-18-10-7-16(8-11-18)23(27)21-22(15-5-3-2-4-6-15)26(25(29)24(21)28)17-9-12-19-20(13-17)32-14-31-19/h2-13,22,27H,14H2,1H3/b23-21+. The second kappa shape index (κ2) is 7.77. The predicted octanol–water partition coefficient (Wildman–Crippen LogP) is 4.05. The van der Waals surface area contributed by atoms with Gasteiger partial charge in [-0.2, -0.15) is 0 Å². The maximum atomic E-state index is 13.2. The normalized spacial score (nSPS) is 18.8. The molecule has 0 bridgehead atoms. The lowest BCUT2D eigenvalue weighted by Crippen LogP contribution is -2.29. The van der Waals surface area contributed by atoms with Crippen LogP contribution in [0.5, 0.6) is 17.2 Å². The zero-order valence-electron chi connectivity index (χ0n) is 17.1. The van der Waals surface area contributed by atoms with Crippen LogP contribution in [0.2, 0.25) is 0 Å². The predicted molar refractivity (Wildman–Crippen MR) is 117 cm³/mol. The van der Waals surface area contributed by atoms with E-state index >= 15 is 0 Å². The van der Waals surface area contributed by atoms with Gasteiger partial charge in [-0.05, 0) is 42.0 Å². The van der Waals surface area contributed by atoms with Crippen LogP contribution >= 0.6 is 0 Å². The van der Waals surface area contributed by atoms with Gasteiger partial charge in [-0.3, -0.25) is 14.5 Å². The Bertz CT molecular complexity index is 1230. The van der Waals surface area contributed by atoms with Crippen molar-refractivity contribution >= 4 is 23.1 Å². The molecule has 2 aliphatic rings. The molecule has 7 heteroatoms. The molecule has 1 fully saturated rings. The highest BCUT2D eigenvalue weighted by Gasteiger charge is 2.47. The van der Waals surface area contributed by atoms with Gasteiger partial charge >= 0.3 is 0 Å². The molecule has 1 N–H and O–H groups in total. The number of rotatable bonds is 4. The molecule has 0 aliphatic carbocycles. The summed E-state index contributed by atoms with van der Waals surface area (Å²) >= 11 is 0. The molecule has 160 valence electrons. The van der Waals surface area contributed by atoms with Crippen LogP contribution in [0, 0.1) is 0 Å². The summed E-state index contributed by atoms with van der Waals surface area (Å²) in [5, 5.41) is 11.1. The average Bonchev–Trinajstić information content (AvgIpc) is 3.41. The number of hydrogen-bond acceptors (Lipinski definition) is 6. The third-order valence-corrected chi connectivity index (χ3v) is 5.56. The number of anilines is 1. The van der Waals surface area contributed by atoms with Gasteiger partial charge in [0.05, 0.1) is 18.7 Å². The smallest absolute Gasteiger partial charge is 0.300 e. The molecule has 1 saturated heterocycles. The van der Waals surface area contributed by atoms with Crippen molar-refractivity contribution in [3.63, 3.8) is 0 Å². The number of fused-ring (bicyclic) bond motifs is 1. The molecule has 2 heterocycles. The number of amides is 1. The zero-order valence-corrected chi connectivity index (χ0v) is 17.1. The number of methoxy groups -OCH3 is 1. The highest BCUT2D eigenvalue weighted by atomic mass is 16.7. The Morgan fingerprint density at radius 2 is 1.69 bits per heavy atom. The third kappa shape index (κ3) is 3.15. The van der Waals surface area contributed by atoms with Crippen LogP contribution < -0.4 is 19.1 Å². The maximum Gasteiger partial charge on any atom is 0.300 e. The van der Waals surface area contributed by atoms with Crippen molar-refractivity contribution in [2.45, 2.75) is 6.04 Å². The van der Waals surface area contributed by atoms with E-state index in [0.717, 1.165) is 0 Å². The van der Waals surface area contributed by atoms with Gasteiger partial charge in [-0.1, -0.05) is 30.3 Å². The summed E-state index contributed by atoms with van der Waals surface area (Å²) in [7, 11) is 1.54. The fraction of sp³-hybridized carbons (Fsp3) is 0.120. The van der Waals surface area contributed by atoms with Gasteiger partial charge in [-0.25, -0.2) is 0 Å². The number of aliphatic hydroxyl groups excluding tert-OH is 1. The summed E-state index contributed by atoms with van der Waals surface area (Å²) in [6, 6.07) is 20.0. The monoisotopic (exact) mass is 429 g/mol. The number of nitrogens with zero attached hydrogens (tertiary/aromatic N) is 1. The van der Waals surface area contributed by atoms with Gasteiger partial charge in [0.15, 0.2) is 11.5 Å². The molecule has 5 rings (SSSR count). The molecule has 0 spiro atoms. The van der Waals surface area contributed by atoms with Crippen LogP contribution in [-0.4, -0.2) is 30.7 Å². The largest absolute Gasteiger partial charge is 0.507 e. The zero-order chi connectivity index (χ0) is 22.2. The summed E-state index contributed by atoms with van der Waals surface area (Å²) < 4.78 is 16.0. The van der Waals surface area contributed by atoms with E-state index < -0.39 is 17.7 Å². The van der Waals surface area contributed by atoms with Crippen LogP contribution in [0.25, 0.3) is 5.76 Å². The Balaban J connectivity index is 1.67. The summed E-state index contributed by atoms with van der Waals surface area (Å²) in [5.41, 5.74) is 1.60. The van der Waals surface area contributed by atoms with Crippen molar-refractivity contribution in [2.75, 3.05) is 18.8 Å². The molecular formula is C25H19NO6. The number of Topliss-reactive ketones (excluding diaryl/α,β-unsaturated/α-hetero) is 1. The van der Waals surface area contributed by atoms with Crippen molar-refractivity contribution in [2.24, 2.45) is 0 Å². The Hall–Kier alpha value is -4.26. The Morgan fingerprint density at radius 3 is 2.41 bits per heavy atom. The number of ketones is 1. The minimum atomic E-state index is -0.807. The lowest BCUT2D eigenvalue weighted by molar-refractivity contribution is -0.132. The van der Waals surface area contributed by atoms with Crippen LogP contribution in [0.3, 0.4) is 0 Å². The Kier molecular flexibility index (Phi) is 4.78. The van der Waals surface area contributed by atoms with E-state index in [1.807, 2.05) is 30.3 Å². The minimum Gasteiger partial charge on any atom is -0.507 e. The van der Waals surface area contributed by atoms with Gasteiger partial charge in [0.25, 0.3) is 11.7 Å². The van der Waals surface area contributed by atoms with Gasteiger partial charge in [0.1, 0.15) is 11.5 Å². The van der Waals surface area contributed by atoms with Gasteiger partial charge < -0.3 is 19.3 Å². The molecule has 0 aromatic heterocycles. The van der Waals surface area contributed by atoms with Crippen LogP contribution in [0.4, 0.5) is 5.69 Å². The lowest BCUT2D eigenvalue weighted by Gasteiger charge is -2.25. The van der Waals surface area contributed by atoms with Crippen LogP contribution in [0.1, 0.15) is 17.2 Å². The fourth-order valence-corrected chi connectivity index (χ4v) is 3.99. The quantitative estimate of drug-likeness (QED) is 0.383. The molecule has 2 aliphatic heterocycles. The summed E-state index contributed by atoms with van der Waals surface area (Å²) in [6.45, 7) is 0.0944. The maximum absolute atomic E-state index is 13.2. The first-order valence-electron chi connectivity index (χ1n) is 9.98. The average molecular weight is 429 g/mol. The SMILES string of the molecule is COc1ccc(/C(O)=C2\C(=O)C(=O)N(c3ccc4c(c3)OCO4)C2c2ccccc2)cc1. The topological polar surface area (TPSA) is 85.3 Å². The van der Waals surface area contributed by atoms with Crippen LogP contribution in [-0.2, 0) is 9.59 Å².